The molecule has 0 spiro atoms. The molecule has 0 amide bonds. The Labute approximate surface area is 88.4 Å². The molecule has 4 N–H and O–H groups in total. The van der Waals surface area contributed by atoms with Crippen molar-refractivity contribution < 1.29 is 4.39 Å². The van der Waals surface area contributed by atoms with Crippen LogP contribution in [0.4, 0.5) is 10.1 Å². The average Bonchev–Trinajstić information content (AvgIpc) is 2.14. The molecular formula is C10H15FN4. The molecule has 1 aromatic carbocycles. The summed E-state index contributed by atoms with van der Waals surface area (Å²) in [5, 5.41) is 0. The summed E-state index contributed by atoms with van der Waals surface area (Å²) in [6.45, 7) is 0.299. The summed E-state index contributed by atoms with van der Waals surface area (Å²) in [5.41, 5.74) is 11.7. The van der Waals surface area contributed by atoms with E-state index < -0.39 is 0 Å². The minimum atomic E-state index is -0.275. The third-order valence-corrected chi connectivity index (χ3v) is 1.94. The second-order valence-corrected chi connectivity index (χ2v) is 3.42. The Morgan fingerprint density at radius 3 is 2.53 bits per heavy atom. The van der Waals surface area contributed by atoms with Crippen LogP contribution in [0.25, 0.3) is 0 Å². The molecule has 0 fully saturated rings. The smallest absolute Gasteiger partial charge is 0.186 e. The van der Waals surface area contributed by atoms with Gasteiger partial charge < -0.3 is 16.4 Å². The maximum absolute atomic E-state index is 13.5. The van der Waals surface area contributed by atoms with Crippen molar-refractivity contribution in [2.75, 3.05) is 19.0 Å². The SMILES string of the molecule is CN(C)c1ccc(CN=C(N)N)cc1F. The van der Waals surface area contributed by atoms with Crippen LogP contribution < -0.4 is 16.4 Å². The molecule has 4 nitrogen and oxygen atoms in total. The van der Waals surface area contributed by atoms with Gasteiger partial charge in [-0.25, -0.2) is 9.38 Å². The van der Waals surface area contributed by atoms with Crippen LogP contribution in [0.15, 0.2) is 23.2 Å². The predicted molar refractivity (Wildman–Crippen MR) is 60.2 cm³/mol. The maximum atomic E-state index is 13.5. The van der Waals surface area contributed by atoms with Gasteiger partial charge in [-0.2, -0.15) is 0 Å². The van der Waals surface area contributed by atoms with E-state index in [0.29, 0.717) is 12.2 Å². The Bertz CT molecular complexity index is 370. The summed E-state index contributed by atoms with van der Waals surface area (Å²) >= 11 is 0. The molecule has 0 aliphatic carbocycles. The Morgan fingerprint density at radius 2 is 2.07 bits per heavy atom. The van der Waals surface area contributed by atoms with Crippen molar-refractivity contribution in [1.82, 2.24) is 0 Å². The van der Waals surface area contributed by atoms with Crippen LogP contribution in [-0.2, 0) is 6.54 Å². The van der Waals surface area contributed by atoms with Gasteiger partial charge in [0.15, 0.2) is 5.96 Å². The molecule has 1 aromatic rings. The molecule has 0 saturated heterocycles. The Balaban J connectivity index is 2.87. The van der Waals surface area contributed by atoms with Crippen molar-refractivity contribution in [3.8, 4) is 0 Å². The lowest BCUT2D eigenvalue weighted by Crippen LogP contribution is -2.22. The van der Waals surface area contributed by atoms with Crippen LogP contribution in [0.5, 0.6) is 0 Å². The van der Waals surface area contributed by atoms with E-state index in [2.05, 4.69) is 4.99 Å². The molecule has 0 bridgehead atoms. The zero-order valence-corrected chi connectivity index (χ0v) is 8.87. The zero-order chi connectivity index (χ0) is 11.4. The molecule has 0 aliphatic heterocycles. The molecule has 0 heterocycles. The van der Waals surface area contributed by atoms with Crippen LogP contribution in [0, 0.1) is 5.82 Å². The van der Waals surface area contributed by atoms with Gasteiger partial charge in [0.05, 0.1) is 12.2 Å². The molecule has 1 rings (SSSR count). The number of halogens is 1. The van der Waals surface area contributed by atoms with Gasteiger partial charge in [-0.1, -0.05) is 6.07 Å². The Kier molecular flexibility index (Phi) is 3.49. The second kappa shape index (κ2) is 4.63. The van der Waals surface area contributed by atoms with Gasteiger partial charge in [0.1, 0.15) is 5.82 Å². The summed E-state index contributed by atoms with van der Waals surface area (Å²) in [7, 11) is 3.57. The number of benzene rings is 1. The number of rotatable bonds is 3. The molecule has 0 radical (unpaired) electrons. The fourth-order valence-electron chi connectivity index (χ4n) is 1.19. The molecule has 15 heavy (non-hydrogen) atoms. The van der Waals surface area contributed by atoms with E-state index in [9.17, 15) is 4.39 Å². The molecule has 82 valence electrons. The fourth-order valence-corrected chi connectivity index (χ4v) is 1.19. The van der Waals surface area contributed by atoms with Gasteiger partial charge in [-0.3, -0.25) is 0 Å². The summed E-state index contributed by atoms with van der Waals surface area (Å²) < 4.78 is 13.5. The van der Waals surface area contributed by atoms with Crippen molar-refractivity contribution in [3.05, 3.63) is 29.6 Å². The van der Waals surface area contributed by atoms with Gasteiger partial charge >= 0.3 is 0 Å². The number of nitrogens with two attached hydrogens (primary N) is 2. The summed E-state index contributed by atoms with van der Waals surface area (Å²) in [6.07, 6.45) is 0. The lowest BCUT2D eigenvalue weighted by Gasteiger charge is -2.13. The van der Waals surface area contributed by atoms with Gasteiger partial charge in [0, 0.05) is 14.1 Å². The number of guanidine groups is 1. The highest BCUT2D eigenvalue weighted by Crippen LogP contribution is 2.18. The molecule has 0 unspecified atom stereocenters. The van der Waals surface area contributed by atoms with Gasteiger partial charge in [0.25, 0.3) is 0 Å². The van der Waals surface area contributed by atoms with Crippen LogP contribution in [0.1, 0.15) is 5.56 Å². The van der Waals surface area contributed by atoms with Crippen molar-refractivity contribution in [2.45, 2.75) is 6.54 Å². The Hall–Kier alpha value is -1.78. The van der Waals surface area contributed by atoms with E-state index in [1.165, 1.54) is 6.07 Å². The topological polar surface area (TPSA) is 67.6 Å². The average molecular weight is 210 g/mol. The van der Waals surface area contributed by atoms with Crippen molar-refractivity contribution >= 4 is 11.6 Å². The van der Waals surface area contributed by atoms with Gasteiger partial charge in [-0.05, 0) is 17.7 Å². The van der Waals surface area contributed by atoms with E-state index in [0.717, 1.165) is 5.56 Å². The highest BCUT2D eigenvalue weighted by atomic mass is 19.1. The van der Waals surface area contributed by atoms with Crippen molar-refractivity contribution in [1.29, 1.82) is 0 Å². The highest BCUT2D eigenvalue weighted by Gasteiger charge is 2.04. The number of aliphatic imine (C=N–C) groups is 1. The zero-order valence-electron chi connectivity index (χ0n) is 8.87. The quantitative estimate of drug-likeness (QED) is 0.569. The van der Waals surface area contributed by atoms with Crippen LogP contribution in [0.2, 0.25) is 0 Å². The molecule has 0 aromatic heterocycles. The normalized spacial score (nSPS) is 9.80. The predicted octanol–water partition coefficient (Wildman–Crippen LogP) is 0.665. The Morgan fingerprint density at radius 1 is 1.40 bits per heavy atom. The number of anilines is 1. The third-order valence-electron chi connectivity index (χ3n) is 1.94. The molecule has 0 aliphatic rings. The largest absolute Gasteiger partial charge is 0.375 e. The first kappa shape index (κ1) is 11.3. The summed E-state index contributed by atoms with van der Waals surface area (Å²) in [4.78, 5) is 5.51. The standard InChI is InChI=1S/C10H15FN4/c1-15(2)9-4-3-7(5-8(9)11)6-14-10(12)13/h3-5H,6H2,1-2H3,(H4,12,13,14). The second-order valence-electron chi connectivity index (χ2n) is 3.42. The van der Waals surface area contributed by atoms with Gasteiger partial charge in [-0.15, -0.1) is 0 Å². The third kappa shape index (κ3) is 3.12. The van der Waals surface area contributed by atoms with Crippen LogP contribution >= 0.6 is 0 Å². The van der Waals surface area contributed by atoms with E-state index >= 15 is 0 Å². The first-order chi connectivity index (χ1) is 7.00. The summed E-state index contributed by atoms with van der Waals surface area (Å²) in [6, 6.07) is 4.93. The monoisotopic (exact) mass is 210 g/mol. The fraction of sp³-hybridized carbons (Fsp3) is 0.300. The lowest BCUT2D eigenvalue weighted by molar-refractivity contribution is 0.624. The molecule has 5 heteroatoms. The maximum Gasteiger partial charge on any atom is 0.186 e. The lowest BCUT2D eigenvalue weighted by atomic mass is 10.2. The number of hydrogen-bond acceptors (Lipinski definition) is 2. The first-order valence-corrected chi connectivity index (χ1v) is 4.52. The number of nitrogens with zero attached hydrogens (tertiary/aromatic N) is 2. The van der Waals surface area contributed by atoms with E-state index in [1.54, 1.807) is 31.1 Å². The van der Waals surface area contributed by atoms with Crippen LogP contribution in [0.3, 0.4) is 0 Å². The van der Waals surface area contributed by atoms with Crippen LogP contribution in [-0.4, -0.2) is 20.1 Å². The van der Waals surface area contributed by atoms with E-state index in [4.69, 9.17) is 11.5 Å². The molecule has 0 saturated carbocycles. The first-order valence-electron chi connectivity index (χ1n) is 4.52. The summed E-state index contributed by atoms with van der Waals surface area (Å²) in [5.74, 6) is -0.268. The van der Waals surface area contributed by atoms with E-state index in [-0.39, 0.29) is 11.8 Å². The van der Waals surface area contributed by atoms with Crippen molar-refractivity contribution in [3.63, 3.8) is 0 Å². The highest BCUT2D eigenvalue weighted by molar-refractivity contribution is 5.75. The van der Waals surface area contributed by atoms with Gasteiger partial charge in [0.2, 0.25) is 0 Å². The number of hydrogen-bond donors (Lipinski definition) is 2. The molecule has 0 atom stereocenters. The van der Waals surface area contributed by atoms with Crippen molar-refractivity contribution in [2.24, 2.45) is 16.5 Å². The minimum Gasteiger partial charge on any atom is -0.375 e. The minimum absolute atomic E-state index is 0.00657. The van der Waals surface area contributed by atoms with E-state index in [1.807, 2.05) is 0 Å². The molecular weight excluding hydrogens is 195 g/mol.